The molecule has 0 aromatic carbocycles. The third kappa shape index (κ3) is 4.62. The summed E-state index contributed by atoms with van der Waals surface area (Å²) >= 11 is 0. The van der Waals surface area contributed by atoms with Gasteiger partial charge in [-0.05, 0) is 12.8 Å². The Balaban J connectivity index is 2.89. The van der Waals surface area contributed by atoms with Crippen molar-refractivity contribution in [2.45, 2.75) is 25.7 Å². The van der Waals surface area contributed by atoms with Crippen LogP contribution in [-0.4, -0.2) is 33.3 Å². The number of esters is 2. The van der Waals surface area contributed by atoms with Crippen LogP contribution in [-0.2, 0) is 20.7 Å². The second kappa shape index (κ2) is 8.08. The number of carbonyl (C=O) groups excluding carboxylic acids is 2. The summed E-state index contributed by atoms with van der Waals surface area (Å²) in [4.78, 5) is 34.2. The van der Waals surface area contributed by atoms with Crippen molar-refractivity contribution >= 4 is 11.9 Å². The summed E-state index contributed by atoms with van der Waals surface area (Å²) in [6.07, 6.45) is 1.68. The maximum Gasteiger partial charge on any atom is 0.345 e. The summed E-state index contributed by atoms with van der Waals surface area (Å²) in [7, 11) is 3.90. The maximum atomic E-state index is 11.8. The van der Waals surface area contributed by atoms with E-state index in [1.54, 1.807) is 0 Å². The Morgan fingerprint density at radius 3 is 2.43 bits per heavy atom. The third-order valence-corrected chi connectivity index (χ3v) is 2.87. The molecule has 7 nitrogen and oxygen atoms in total. The molecule has 0 atom stereocenters. The molecule has 0 saturated heterocycles. The van der Waals surface area contributed by atoms with E-state index in [0.717, 1.165) is 6.07 Å². The molecule has 0 bridgehead atoms. The highest BCUT2D eigenvalue weighted by atomic mass is 16.5. The molecule has 0 aliphatic rings. The highest BCUT2D eigenvalue weighted by Gasteiger charge is 2.21. The quantitative estimate of drug-likeness (QED) is 0.553. The van der Waals surface area contributed by atoms with E-state index in [0.29, 0.717) is 19.3 Å². The van der Waals surface area contributed by atoms with Crippen LogP contribution in [0.4, 0.5) is 0 Å². The number of carbonyl (C=O) groups is 2. The van der Waals surface area contributed by atoms with Crippen LogP contribution in [0.1, 0.15) is 35.4 Å². The first-order chi connectivity index (χ1) is 10.0. The average molecular weight is 298 g/mol. The Hall–Kier alpha value is -2.31. The highest BCUT2D eigenvalue weighted by molar-refractivity contribution is 5.93. The second-order valence-electron chi connectivity index (χ2n) is 4.21. The number of unbranched alkanes of at least 4 members (excludes halogenated alkanes) is 1. The Morgan fingerprint density at radius 1 is 1.14 bits per heavy atom. The molecule has 1 aromatic heterocycles. The Bertz CT molecular complexity index is 559. The van der Waals surface area contributed by atoms with E-state index >= 15 is 0 Å². The van der Waals surface area contributed by atoms with Crippen LogP contribution in [0.15, 0.2) is 15.3 Å². The molecule has 21 heavy (non-hydrogen) atoms. The first kappa shape index (κ1) is 16.7. The molecule has 0 aliphatic heterocycles. The van der Waals surface area contributed by atoms with Crippen molar-refractivity contribution in [2.75, 3.05) is 21.3 Å². The van der Waals surface area contributed by atoms with E-state index in [1.165, 1.54) is 21.3 Å². The van der Waals surface area contributed by atoms with Gasteiger partial charge in [0, 0.05) is 12.8 Å². The van der Waals surface area contributed by atoms with Gasteiger partial charge in [0.15, 0.2) is 0 Å². The van der Waals surface area contributed by atoms with Crippen LogP contribution in [0.25, 0.3) is 0 Å². The predicted octanol–water partition coefficient (Wildman–Crippen LogP) is 1.32. The number of aryl methyl sites for hydroxylation is 1. The minimum absolute atomic E-state index is 0.0951. The maximum absolute atomic E-state index is 11.8. The van der Waals surface area contributed by atoms with E-state index in [9.17, 15) is 14.4 Å². The minimum atomic E-state index is -0.640. The summed E-state index contributed by atoms with van der Waals surface area (Å²) in [5, 5.41) is 0. The number of hydrogen-bond acceptors (Lipinski definition) is 7. The molecule has 0 saturated carbocycles. The van der Waals surface area contributed by atoms with Gasteiger partial charge in [-0.1, -0.05) is 0 Å². The molecule has 116 valence electrons. The van der Waals surface area contributed by atoms with Crippen molar-refractivity contribution in [1.82, 2.24) is 0 Å². The molecule has 1 rings (SSSR count). The molecule has 0 fully saturated rings. The largest absolute Gasteiger partial charge is 0.495 e. The zero-order chi connectivity index (χ0) is 15.8. The molecule has 0 aliphatic carbocycles. The normalized spacial score (nSPS) is 10.0. The molecule has 0 N–H and O–H groups in total. The standard InChI is InChI=1S/C14H18O7/c1-18-10-8-12(16)21-9(13(10)14(17)20-3)6-4-5-7-11(15)19-2/h8H,4-7H2,1-3H3. The van der Waals surface area contributed by atoms with E-state index in [1.807, 2.05) is 0 Å². The fourth-order valence-corrected chi connectivity index (χ4v) is 1.83. The number of methoxy groups -OCH3 is 3. The van der Waals surface area contributed by atoms with Gasteiger partial charge in [-0.3, -0.25) is 4.79 Å². The fraction of sp³-hybridized carbons (Fsp3) is 0.500. The third-order valence-electron chi connectivity index (χ3n) is 2.87. The smallest absolute Gasteiger partial charge is 0.345 e. The first-order valence-corrected chi connectivity index (χ1v) is 6.39. The van der Waals surface area contributed by atoms with Crippen LogP contribution in [0.3, 0.4) is 0 Å². The van der Waals surface area contributed by atoms with Crippen molar-refractivity contribution in [3.63, 3.8) is 0 Å². The molecule has 1 heterocycles. The Labute approximate surface area is 121 Å². The van der Waals surface area contributed by atoms with Gasteiger partial charge < -0.3 is 18.6 Å². The van der Waals surface area contributed by atoms with Crippen LogP contribution in [0, 0.1) is 0 Å². The lowest BCUT2D eigenvalue weighted by Crippen LogP contribution is -2.13. The molecule has 0 radical (unpaired) electrons. The van der Waals surface area contributed by atoms with Gasteiger partial charge in [-0.15, -0.1) is 0 Å². The summed E-state index contributed by atoms with van der Waals surface area (Å²) < 4.78 is 19.3. The first-order valence-electron chi connectivity index (χ1n) is 6.39. The minimum Gasteiger partial charge on any atom is -0.495 e. The van der Waals surface area contributed by atoms with Gasteiger partial charge in [0.05, 0.1) is 27.4 Å². The lowest BCUT2D eigenvalue weighted by Gasteiger charge is -2.10. The second-order valence-corrected chi connectivity index (χ2v) is 4.21. The summed E-state index contributed by atoms with van der Waals surface area (Å²) in [5.41, 5.74) is -0.514. The van der Waals surface area contributed by atoms with Gasteiger partial charge in [0.1, 0.15) is 17.1 Å². The van der Waals surface area contributed by atoms with Gasteiger partial charge >= 0.3 is 17.6 Å². The van der Waals surface area contributed by atoms with Crippen LogP contribution < -0.4 is 10.4 Å². The summed E-state index contributed by atoms with van der Waals surface area (Å²) in [5.74, 6) is -0.647. The van der Waals surface area contributed by atoms with Crippen molar-refractivity contribution < 1.29 is 28.2 Å². The van der Waals surface area contributed by atoms with Crippen LogP contribution in [0.5, 0.6) is 5.75 Å². The number of hydrogen-bond donors (Lipinski definition) is 0. The van der Waals surface area contributed by atoms with E-state index in [-0.39, 0.29) is 29.5 Å². The number of ether oxygens (including phenoxy) is 3. The Morgan fingerprint density at radius 2 is 1.86 bits per heavy atom. The van der Waals surface area contributed by atoms with Crippen molar-refractivity contribution in [2.24, 2.45) is 0 Å². The topological polar surface area (TPSA) is 92.0 Å². The molecular formula is C14H18O7. The molecule has 7 heteroatoms. The number of rotatable bonds is 7. The van der Waals surface area contributed by atoms with Gasteiger partial charge in [0.25, 0.3) is 0 Å². The van der Waals surface area contributed by atoms with Gasteiger partial charge in [-0.2, -0.15) is 0 Å². The van der Waals surface area contributed by atoms with Crippen LogP contribution >= 0.6 is 0 Å². The molecule has 0 unspecified atom stereocenters. The van der Waals surface area contributed by atoms with E-state index in [4.69, 9.17) is 9.15 Å². The van der Waals surface area contributed by atoms with Crippen LogP contribution in [0.2, 0.25) is 0 Å². The average Bonchev–Trinajstić information content (AvgIpc) is 2.49. The highest BCUT2D eigenvalue weighted by Crippen LogP contribution is 2.22. The predicted molar refractivity (Wildman–Crippen MR) is 72.4 cm³/mol. The summed E-state index contributed by atoms with van der Waals surface area (Å²) in [6, 6.07) is 1.09. The Kier molecular flexibility index (Phi) is 6.45. The van der Waals surface area contributed by atoms with E-state index < -0.39 is 11.6 Å². The monoisotopic (exact) mass is 298 g/mol. The molecule has 1 aromatic rings. The van der Waals surface area contributed by atoms with E-state index in [2.05, 4.69) is 9.47 Å². The lowest BCUT2D eigenvalue weighted by molar-refractivity contribution is -0.140. The fourth-order valence-electron chi connectivity index (χ4n) is 1.83. The van der Waals surface area contributed by atoms with Crippen molar-refractivity contribution in [3.8, 4) is 5.75 Å². The zero-order valence-electron chi connectivity index (χ0n) is 12.3. The summed E-state index contributed by atoms with van der Waals surface area (Å²) in [6.45, 7) is 0. The van der Waals surface area contributed by atoms with Crippen molar-refractivity contribution in [3.05, 3.63) is 27.8 Å². The van der Waals surface area contributed by atoms with Gasteiger partial charge in [-0.25, -0.2) is 9.59 Å². The SMILES string of the molecule is COC(=O)CCCCc1oc(=O)cc(OC)c1C(=O)OC. The zero-order valence-corrected chi connectivity index (χ0v) is 12.3. The molecular weight excluding hydrogens is 280 g/mol. The van der Waals surface area contributed by atoms with Crippen molar-refractivity contribution in [1.29, 1.82) is 0 Å². The molecule has 0 amide bonds. The molecule has 0 spiro atoms. The van der Waals surface area contributed by atoms with Gasteiger partial charge in [0.2, 0.25) is 0 Å². The lowest BCUT2D eigenvalue weighted by atomic mass is 10.1.